The van der Waals surface area contributed by atoms with Crippen molar-refractivity contribution in [1.82, 2.24) is 5.43 Å². The van der Waals surface area contributed by atoms with Crippen LogP contribution in [0.25, 0.3) is 0 Å². The molecule has 1 atom stereocenters. The summed E-state index contributed by atoms with van der Waals surface area (Å²) in [5, 5.41) is 0. The molecule has 1 aliphatic rings. The van der Waals surface area contributed by atoms with Crippen LogP contribution in [-0.2, 0) is 5.41 Å². The number of hydrogen-bond donors (Lipinski definition) is 2. The maximum absolute atomic E-state index is 13.1. The quantitative estimate of drug-likeness (QED) is 0.498. The van der Waals surface area contributed by atoms with Crippen molar-refractivity contribution in [3.05, 3.63) is 35.6 Å². The molecular formula is C17H27FN2. The summed E-state index contributed by atoms with van der Waals surface area (Å²) in [6, 6.07) is 7.08. The highest BCUT2D eigenvalue weighted by molar-refractivity contribution is 5.26. The summed E-state index contributed by atoms with van der Waals surface area (Å²) in [5.41, 5.74) is 4.10. The van der Waals surface area contributed by atoms with Gasteiger partial charge in [0, 0.05) is 11.5 Å². The molecule has 0 heterocycles. The van der Waals surface area contributed by atoms with Crippen molar-refractivity contribution in [1.29, 1.82) is 0 Å². The summed E-state index contributed by atoms with van der Waals surface area (Å²) in [4.78, 5) is 0. The molecule has 1 aromatic carbocycles. The predicted octanol–water partition coefficient (Wildman–Crippen LogP) is 3.91. The minimum Gasteiger partial charge on any atom is -0.271 e. The SMILES string of the molecule is CC(C)(c1ccc(F)cc1)C(NN)C1CCCCCC1. The van der Waals surface area contributed by atoms with Crippen molar-refractivity contribution in [2.45, 2.75) is 63.8 Å². The third-order valence-electron chi connectivity index (χ3n) is 4.92. The zero-order chi connectivity index (χ0) is 14.6. The molecule has 112 valence electrons. The van der Waals surface area contributed by atoms with Crippen LogP contribution in [0.2, 0.25) is 0 Å². The average Bonchev–Trinajstić information content (AvgIpc) is 2.69. The zero-order valence-electron chi connectivity index (χ0n) is 12.7. The first-order valence-corrected chi connectivity index (χ1v) is 7.78. The van der Waals surface area contributed by atoms with Crippen LogP contribution in [0.15, 0.2) is 24.3 Å². The summed E-state index contributed by atoms with van der Waals surface area (Å²) in [6.45, 7) is 4.41. The topological polar surface area (TPSA) is 38.0 Å². The molecule has 0 saturated heterocycles. The maximum atomic E-state index is 13.1. The lowest BCUT2D eigenvalue weighted by Crippen LogP contribution is -2.52. The predicted molar refractivity (Wildman–Crippen MR) is 81.7 cm³/mol. The molecule has 1 saturated carbocycles. The van der Waals surface area contributed by atoms with Crippen LogP contribution in [-0.4, -0.2) is 6.04 Å². The maximum Gasteiger partial charge on any atom is 0.123 e. The molecule has 3 heteroatoms. The number of rotatable bonds is 4. The smallest absolute Gasteiger partial charge is 0.123 e. The van der Waals surface area contributed by atoms with E-state index in [0.717, 1.165) is 5.56 Å². The highest BCUT2D eigenvalue weighted by Crippen LogP contribution is 2.36. The highest BCUT2D eigenvalue weighted by atomic mass is 19.1. The minimum atomic E-state index is -0.184. The van der Waals surface area contributed by atoms with Crippen molar-refractivity contribution in [2.24, 2.45) is 11.8 Å². The van der Waals surface area contributed by atoms with Crippen molar-refractivity contribution < 1.29 is 4.39 Å². The van der Waals surface area contributed by atoms with Gasteiger partial charge in [-0.1, -0.05) is 51.7 Å². The van der Waals surface area contributed by atoms with Crippen LogP contribution in [0.3, 0.4) is 0 Å². The van der Waals surface area contributed by atoms with E-state index >= 15 is 0 Å². The van der Waals surface area contributed by atoms with Gasteiger partial charge in [0.2, 0.25) is 0 Å². The molecule has 1 unspecified atom stereocenters. The van der Waals surface area contributed by atoms with Gasteiger partial charge in [-0.3, -0.25) is 11.3 Å². The summed E-state index contributed by atoms with van der Waals surface area (Å²) in [5.74, 6) is 6.30. The molecule has 0 radical (unpaired) electrons. The van der Waals surface area contributed by atoms with E-state index in [4.69, 9.17) is 5.84 Å². The average molecular weight is 278 g/mol. The first-order valence-electron chi connectivity index (χ1n) is 7.78. The van der Waals surface area contributed by atoms with Crippen LogP contribution in [0.4, 0.5) is 4.39 Å². The van der Waals surface area contributed by atoms with Gasteiger partial charge in [0.25, 0.3) is 0 Å². The molecule has 1 aliphatic carbocycles. The molecule has 1 aromatic rings. The monoisotopic (exact) mass is 278 g/mol. The molecule has 0 aliphatic heterocycles. The summed E-state index contributed by atoms with van der Waals surface area (Å²) >= 11 is 0. The number of hydrazine groups is 1. The number of benzene rings is 1. The third kappa shape index (κ3) is 3.39. The van der Waals surface area contributed by atoms with Gasteiger partial charge in [0.05, 0.1) is 0 Å². The second-order valence-corrected chi connectivity index (χ2v) is 6.62. The van der Waals surface area contributed by atoms with Gasteiger partial charge in [-0.05, 0) is 36.5 Å². The largest absolute Gasteiger partial charge is 0.271 e. The fourth-order valence-electron chi connectivity index (χ4n) is 3.64. The van der Waals surface area contributed by atoms with Crippen molar-refractivity contribution in [2.75, 3.05) is 0 Å². The molecule has 1 fully saturated rings. The lowest BCUT2D eigenvalue weighted by molar-refractivity contribution is 0.226. The molecule has 0 aromatic heterocycles. The van der Waals surface area contributed by atoms with Crippen molar-refractivity contribution in [3.8, 4) is 0 Å². The summed E-state index contributed by atoms with van der Waals surface area (Å²) in [6.07, 6.45) is 7.74. The Morgan fingerprint density at radius 3 is 2.15 bits per heavy atom. The van der Waals surface area contributed by atoms with E-state index in [1.165, 1.54) is 50.7 Å². The van der Waals surface area contributed by atoms with Gasteiger partial charge in [0.1, 0.15) is 5.82 Å². The molecule has 0 spiro atoms. The Kier molecular flexibility index (Phi) is 5.17. The van der Waals surface area contributed by atoms with E-state index in [0.29, 0.717) is 5.92 Å². The molecule has 0 bridgehead atoms. The van der Waals surface area contributed by atoms with Crippen LogP contribution < -0.4 is 11.3 Å². The molecule has 0 amide bonds. The molecule has 2 rings (SSSR count). The zero-order valence-corrected chi connectivity index (χ0v) is 12.7. The Labute approximate surface area is 121 Å². The number of halogens is 1. The molecule has 20 heavy (non-hydrogen) atoms. The Hall–Kier alpha value is -0.930. The molecule has 2 nitrogen and oxygen atoms in total. The Morgan fingerprint density at radius 2 is 1.65 bits per heavy atom. The normalized spacial score (nSPS) is 19.6. The molecule has 3 N–H and O–H groups in total. The van der Waals surface area contributed by atoms with Gasteiger partial charge < -0.3 is 0 Å². The van der Waals surface area contributed by atoms with E-state index in [-0.39, 0.29) is 17.3 Å². The highest BCUT2D eigenvalue weighted by Gasteiger charge is 2.36. The Balaban J connectivity index is 2.21. The van der Waals surface area contributed by atoms with Gasteiger partial charge in [-0.2, -0.15) is 0 Å². The van der Waals surface area contributed by atoms with Crippen molar-refractivity contribution in [3.63, 3.8) is 0 Å². The van der Waals surface area contributed by atoms with Gasteiger partial charge >= 0.3 is 0 Å². The number of hydrogen-bond acceptors (Lipinski definition) is 2. The van der Waals surface area contributed by atoms with Gasteiger partial charge in [-0.25, -0.2) is 4.39 Å². The van der Waals surface area contributed by atoms with Gasteiger partial charge in [-0.15, -0.1) is 0 Å². The van der Waals surface area contributed by atoms with Crippen LogP contribution in [0.1, 0.15) is 57.9 Å². The molecular weight excluding hydrogens is 251 g/mol. The first-order chi connectivity index (χ1) is 9.55. The van der Waals surface area contributed by atoms with Crippen molar-refractivity contribution >= 4 is 0 Å². The standard InChI is InChI=1S/C17H27FN2/c1-17(2,14-9-11-15(18)12-10-14)16(20-19)13-7-5-3-4-6-8-13/h9-13,16,20H,3-8,19H2,1-2H3. The van der Waals surface area contributed by atoms with Gasteiger partial charge in [0.15, 0.2) is 0 Å². The lowest BCUT2D eigenvalue weighted by Gasteiger charge is -2.39. The minimum absolute atomic E-state index is 0.0997. The fourth-order valence-corrected chi connectivity index (χ4v) is 3.64. The second-order valence-electron chi connectivity index (χ2n) is 6.62. The van der Waals surface area contributed by atoms with E-state index in [1.54, 1.807) is 0 Å². The third-order valence-corrected chi connectivity index (χ3v) is 4.92. The Morgan fingerprint density at radius 1 is 1.10 bits per heavy atom. The number of nitrogens with two attached hydrogens (primary N) is 1. The van der Waals surface area contributed by atoms with Crippen LogP contribution >= 0.6 is 0 Å². The lowest BCUT2D eigenvalue weighted by atomic mass is 9.71. The fraction of sp³-hybridized carbons (Fsp3) is 0.647. The Bertz CT molecular complexity index is 406. The van der Waals surface area contributed by atoms with E-state index in [2.05, 4.69) is 19.3 Å². The second kappa shape index (κ2) is 6.68. The van der Waals surface area contributed by atoms with Crippen LogP contribution in [0, 0.1) is 11.7 Å². The summed E-state index contributed by atoms with van der Waals surface area (Å²) < 4.78 is 13.1. The number of nitrogens with one attached hydrogen (secondary N) is 1. The van der Waals surface area contributed by atoms with E-state index in [9.17, 15) is 4.39 Å². The summed E-state index contributed by atoms with van der Waals surface area (Å²) in [7, 11) is 0. The first kappa shape index (κ1) is 15.5. The van der Waals surface area contributed by atoms with E-state index in [1.807, 2.05) is 12.1 Å². The van der Waals surface area contributed by atoms with E-state index < -0.39 is 0 Å². The van der Waals surface area contributed by atoms with Crippen LogP contribution in [0.5, 0.6) is 0 Å².